The lowest BCUT2D eigenvalue weighted by Gasteiger charge is -2.05. The molecule has 0 unspecified atom stereocenters. The summed E-state index contributed by atoms with van der Waals surface area (Å²) < 4.78 is 14.7. The van der Waals surface area contributed by atoms with E-state index in [1.54, 1.807) is 28.6 Å². The quantitative estimate of drug-likeness (QED) is 0.684. The highest BCUT2D eigenvalue weighted by atomic mass is 32.2. The van der Waals surface area contributed by atoms with Gasteiger partial charge in [-0.3, -0.25) is 0 Å². The van der Waals surface area contributed by atoms with Crippen molar-refractivity contribution >= 4 is 11.8 Å². The second-order valence-corrected chi connectivity index (χ2v) is 5.67. The van der Waals surface area contributed by atoms with Gasteiger partial charge in [-0.25, -0.2) is 9.07 Å². The summed E-state index contributed by atoms with van der Waals surface area (Å²) in [6.45, 7) is 0. The number of hydrogen-bond acceptors (Lipinski definition) is 3. The summed E-state index contributed by atoms with van der Waals surface area (Å²) in [6, 6.07) is 16.6. The van der Waals surface area contributed by atoms with Crippen molar-refractivity contribution in [3.63, 3.8) is 0 Å². The molecular weight excluding hydrogens is 285 g/mol. The van der Waals surface area contributed by atoms with Crippen molar-refractivity contribution in [1.82, 2.24) is 15.0 Å². The summed E-state index contributed by atoms with van der Waals surface area (Å²) in [4.78, 5) is 1.01. The molecule has 5 heteroatoms. The van der Waals surface area contributed by atoms with E-state index in [4.69, 9.17) is 0 Å². The lowest BCUT2D eigenvalue weighted by molar-refractivity contribution is 0.626. The second-order valence-electron chi connectivity index (χ2n) is 4.62. The first-order chi connectivity index (χ1) is 10.2. The van der Waals surface area contributed by atoms with E-state index in [0.717, 1.165) is 21.8 Å². The third-order valence-corrected chi connectivity index (χ3v) is 4.16. The topological polar surface area (TPSA) is 30.7 Å². The standard InChI is InChI=1S/C16H14FN3S/c1-20-16(12-5-3-2-4-6-12)15(18-19-20)11-21-14-9-7-13(17)8-10-14/h2-10H,11H2,1H3. The highest BCUT2D eigenvalue weighted by Gasteiger charge is 2.12. The molecule has 3 aromatic rings. The molecule has 1 aromatic heterocycles. The molecular formula is C16H14FN3S. The first kappa shape index (κ1) is 13.8. The molecule has 0 N–H and O–H groups in total. The molecule has 0 spiro atoms. The number of aromatic nitrogens is 3. The van der Waals surface area contributed by atoms with Crippen LogP contribution in [0.3, 0.4) is 0 Å². The van der Waals surface area contributed by atoms with Crippen molar-refractivity contribution in [2.45, 2.75) is 10.6 Å². The first-order valence-corrected chi connectivity index (χ1v) is 7.55. The van der Waals surface area contributed by atoms with Crippen molar-refractivity contribution in [3.05, 3.63) is 66.1 Å². The van der Waals surface area contributed by atoms with Crippen molar-refractivity contribution < 1.29 is 4.39 Å². The number of thioether (sulfide) groups is 1. The molecule has 0 atom stereocenters. The van der Waals surface area contributed by atoms with Crippen LogP contribution in [0.15, 0.2) is 59.5 Å². The number of rotatable bonds is 4. The molecule has 0 aliphatic rings. The van der Waals surface area contributed by atoms with Crippen LogP contribution in [0.4, 0.5) is 4.39 Å². The van der Waals surface area contributed by atoms with Crippen molar-refractivity contribution in [2.75, 3.05) is 0 Å². The monoisotopic (exact) mass is 299 g/mol. The Kier molecular flexibility index (Phi) is 4.01. The van der Waals surface area contributed by atoms with E-state index >= 15 is 0 Å². The fraction of sp³-hybridized carbons (Fsp3) is 0.125. The summed E-state index contributed by atoms with van der Waals surface area (Å²) in [6.07, 6.45) is 0. The second kappa shape index (κ2) is 6.10. The summed E-state index contributed by atoms with van der Waals surface area (Å²) in [5, 5.41) is 8.36. The fourth-order valence-corrected chi connectivity index (χ4v) is 2.96. The van der Waals surface area contributed by atoms with Crippen LogP contribution in [-0.2, 0) is 12.8 Å². The molecule has 3 nitrogen and oxygen atoms in total. The van der Waals surface area contributed by atoms with E-state index in [0.29, 0.717) is 5.75 Å². The highest BCUT2D eigenvalue weighted by Crippen LogP contribution is 2.28. The van der Waals surface area contributed by atoms with E-state index in [-0.39, 0.29) is 5.82 Å². The molecule has 106 valence electrons. The molecule has 0 fully saturated rings. The lowest BCUT2D eigenvalue weighted by Crippen LogP contribution is -1.95. The van der Waals surface area contributed by atoms with Gasteiger partial charge < -0.3 is 0 Å². The Morgan fingerprint density at radius 1 is 1.05 bits per heavy atom. The van der Waals surface area contributed by atoms with Crippen LogP contribution in [0, 0.1) is 5.82 Å². The van der Waals surface area contributed by atoms with Gasteiger partial charge in [0.25, 0.3) is 0 Å². The molecule has 2 aromatic carbocycles. The smallest absolute Gasteiger partial charge is 0.123 e. The largest absolute Gasteiger partial charge is 0.247 e. The van der Waals surface area contributed by atoms with Crippen molar-refractivity contribution in [3.8, 4) is 11.3 Å². The van der Waals surface area contributed by atoms with Crippen LogP contribution in [0.5, 0.6) is 0 Å². The van der Waals surface area contributed by atoms with Crippen LogP contribution >= 0.6 is 11.8 Å². The van der Waals surface area contributed by atoms with Gasteiger partial charge in [-0.1, -0.05) is 35.5 Å². The molecule has 0 saturated carbocycles. The summed E-state index contributed by atoms with van der Waals surface area (Å²) in [5.41, 5.74) is 3.04. The van der Waals surface area contributed by atoms with Gasteiger partial charge in [-0.15, -0.1) is 16.9 Å². The zero-order valence-electron chi connectivity index (χ0n) is 11.5. The van der Waals surface area contributed by atoms with Gasteiger partial charge in [0, 0.05) is 23.3 Å². The number of hydrogen-bond donors (Lipinski definition) is 0. The minimum atomic E-state index is -0.219. The third-order valence-electron chi connectivity index (χ3n) is 3.13. The maximum atomic E-state index is 12.9. The third kappa shape index (κ3) is 3.13. The average Bonchev–Trinajstić information content (AvgIpc) is 2.88. The Morgan fingerprint density at radius 3 is 2.48 bits per heavy atom. The van der Waals surface area contributed by atoms with Crippen LogP contribution < -0.4 is 0 Å². The molecule has 0 saturated heterocycles. The molecule has 0 aliphatic heterocycles. The first-order valence-electron chi connectivity index (χ1n) is 6.56. The average molecular weight is 299 g/mol. The normalized spacial score (nSPS) is 10.8. The molecule has 0 radical (unpaired) electrons. The van der Waals surface area contributed by atoms with E-state index in [9.17, 15) is 4.39 Å². The van der Waals surface area contributed by atoms with Crippen LogP contribution in [0.1, 0.15) is 5.69 Å². The Morgan fingerprint density at radius 2 is 1.76 bits per heavy atom. The van der Waals surface area contributed by atoms with Gasteiger partial charge >= 0.3 is 0 Å². The van der Waals surface area contributed by atoms with Gasteiger partial charge in [-0.05, 0) is 24.3 Å². The SMILES string of the molecule is Cn1nnc(CSc2ccc(F)cc2)c1-c1ccccc1. The van der Waals surface area contributed by atoms with Gasteiger partial charge in [-0.2, -0.15) is 0 Å². The Balaban J connectivity index is 1.82. The van der Waals surface area contributed by atoms with Gasteiger partial charge in [0.1, 0.15) is 11.5 Å². The van der Waals surface area contributed by atoms with Crippen molar-refractivity contribution in [2.24, 2.45) is 7.05 Å². The fourth-order valence-electron chi connectivity index (χ4n) is 2.13. The Bertz CT molecular complexity index is 723. The molecule has 0 aliphatic carbocycles. The van der Waals surface area contributed by atoms with Crippen LogP contribution in [-0.4, -0.2) is 15.0 Å². The van der Waals surface area contributed by atoms with E-state index in [1.165, 1.54) is 12.1 Å². The predicted octanol–water partition coefficient (Wildman–Crippen LogP) is 3.91. The van der Waals surface area contributed by atoms with Gasteiger partial charge in [0.2, 0.25) is 0 Å². The number of halogens is 1. The minimum absolute atomic E-state index is 0.219. The Hall–Kier alpha value is -2.14. The van der Waals surface area contributed by atoms with Crippen LogP contribution in [0.25, 0.3) is 11.3 Å². The zero-order valence-corrected chi connectivity index (χ0v) is 12.3. The van der Waals surface area contributed by atoms with Gasteiger partial charge in [0.05, 0.1) is 5.69 Å². The molecule has 1 heterocycles. The Labute approximate surface area is 126 Å². The number of benzene rings is 2. The predicted molar refractivity (Wildman–Crippen MR) is 82.4 cm³/mol. The molecule has 0 amide bonds. The van der Waals surface area contributed by atoms with E-state index in [1.807, 2.05) is 37.4 Å². The highest BCUT2D eigenvalue weighted by molar-refractivity contribution is 7.98. The number of aryl methyl sites for hydroxylation is 1. The van der Waals surface area contributed by atoms with Crippen molar-refractivity contribution in [1.29, 1.82) is 0 Å². The zero-order chi connectivity index (χ0) is 14.7. The van der Waals surface area contributed by atoms with E-state index < -0.39 is 0 Å². The summed E-state index contributed by atoms with van der Waals surface area (Å²) in [7, 11) is 1.89. The molecule has 21 heavy (non-hydrogen) atoms. The molecule has 0 bridgehead atoms. The summed E-state index contributed by atoms with van der Waals surface area (Å²) >= 11 is 1.62. The lowest BCUT2D eigenvalue weighted by atomic mass is 10.1. The maximum Gasteiger partial charge on any atom is 0.123 e. The molecule has 3 rings (SSSR count). The van der Waals surface area contributed by atoms with Crippen LogP contribution in [0.2, 0.25) is 0 Å². The minimum Gasteiger partial charge on any atom is -0.247 e. The maximum absolute atomic E-state index is 12.9. The van der Waals surface area contributed by atoms with E-state index in [2.05, 4.69) is 10.3 Å². The summed E-state index contributed by atoms with van der Waals surface area (Å²) in [5.74, 6) is 0.479. The number of nitrogens with zero attached hydrogens (tertiary/aromatic N) is 3. The van der Waals surface area contributed by atoms with Gasteiger partial charge in [0.15, 0.2) is 0 Å².